The van der Waals surface area contributed by atoms with Crippen LogP contribution in [0.1, 0.15) is 17.5 Å². The molecule has 1 aliphatic heterocycles. The number of nitrogens with one attached hydrogen (secondary N) is 1. The molecule has 1 saturated heterocycles. The average Bonchev–Trinajstić information content (AvgIpc) is 3.27. The number of aryl methyl sites for hydroxylation is 2. The summed E-state index contributed by atoms with van der Waals surface area (Å²) in [4.78, 5) is 39.0. The topological polar surface area (TPSA) is 94.2 Å². The zero-order valence-electron chi connectivity index (χ0n) is 20.4. The predicted octanol–water partition coefficient (Wildman–Crippen LogP) is 4.64. The van der Waals surface area contributed by atoms with Gasteiger partial charge in [-0.05, 0) is 73.5 Å². The lowest BCUT2D eigenvalue weighted by Gasteiger charge is -2.17. The number of carbonyl (C=O) groups excluding carboxylic acids is 3. The van der Waals surface area contributed by atoms with Crippen molar-refractivity contribution in [3.05, 3.63) is 77.9 Å². The number of ether oxygens (including phenoxy) is 3. The third-order valence-electron chi connectivity index (χ3n) is 5.99. The molecule has 0 aromatic heterocycles. The fraction of sp³-hybridized carbons (Fsp3) is 0.250. The van der Waals surface area contributed by atoms with Gasteiger partial charge in [0.15, 0.2) is 6.61 Å². The van der Waals surface area contributed by atoms with Crippen molar-refractivity contribution in [1.29, 1.82) is 0 Å². The lowest BCUT2D eigenvalue weighted by atomic mass is 10.1. The second kappa shape index (κ2) is 10.9. The summed E-state index contributed by atoms with van der Waals surface area (Å²) in [5.41, 5.74) is 3.21. The maximum absolute atomic E-state index is 12.6. The molecule has 1 N–H and O–H groups in total. The SMILES string of the molecule is COc1ccc(Oc2ccc(N3C[C@H](C(=O)OCC(=O)Nc4c(C)cccc4C)CC3=O)cc2)cc1. The number of rotatable bonds is 8. The molecule has 8 heteroatoms. The van der Waals surface area contributed by atoms with Gasteiger partial charge in [0, 0.05) is 24.3 Å². The van der Waals surface area contributed by atoms with Gasteiger partial charge in [-0.1, -0.05) is 18.2 Å². The third kappa shape index (κ3) is 5.83. The Labute approximate surface area is 209 Å². The van der Waals surface area contributed by atoms with Gasteiger partial charge in [0.05, 0.1) is 13.0 Å². The maximum Gasteiger partial charge on any atom is 0.311 e. The molecule has 1 aliphatic rings. The average molecular weight is 489 g/mol. The van der Waals surface area contributed by atoms with Crippen LogP contribution in [0.25, 0.3) is 0 Å². The number of amides is 2. The number of benzene rings is 3. The number of esters is 1. The highest BCUT2D eigenvalue weighted by atomic mass is 16.5. The minimum atomic E-state index is -0.638. The van der Waals surface area contributed by atoms with E-state index >= 15 is 0 Å². The molecular weight excluding hydrogens is 460 g/mol. The standard InChI is InChI=1S/C28H28N2O6/c1-18-5-4-6-19(2)27(18)29-25(31)17-35-28(33)20-15-26(32)30(16-20)21-7-9-23(10-8-21)36-24-13-11-22(34-3)12-14-24/h4-14,20H,15-17H2,1-3H3,(H,29,31)/t20-/m1/s1. The Hall–Kier alpha value is -4.33. The van der Waals surface area contributed by atoms with Crippen LogP contribution in [-0.4, -0.2) is 38.0 Å². The molecule has 2 amide bonds. The minimum absolute atomic E-state index is 0.0292. The summed E-state index contributed by atoms with van der Waals surface area (Å²) in [5.74, 6) is 0.199. The van der Waals surface area contributed by atoms with Crippen molar-refractivity contribution in [3.8, 4) is 17.2 Å². The van der Waals surface area contributed by atoms with E-state index < -0.39 is 24.4 Å². The van der Waals surface area contributed by atoms with Crippen molar-refractivity contribution in [1.82, 2.24) is 0 Å². The Kier molecular flexibility index (Phi) is 7.53. The van der Waals surface area contributed by atoms with Crippen LogP contribution in [0.2, 0.25) is 0 Å². The summed E-state index contributed by atoms with van der Waals surface area (Å²) in [6.45, 7) is 3.57. The molecule has 3 aromatic carbocycles. The zero-order chi connectivity index (χ0) is 25.7. The van der Waals surface area contributed by atoms with Crippen LogP contribution in [0.4, 0.5) is 11.4 Å². The number of hydrogen-bond acceptors (Lipinski definition) is 6. The van der Waals surface area contributed by atoms with E-state index in [0.717, 1.165) is 16.9 Å². The normalized spacial score (nSPS) is 14.9. The van der Waals surface area contributed by atoms with Gasteiger partial charge in [-0.15, -0.1) is 0 Å². The molecule has 36 heavy (non-hydrogen) atoms. The first-order chi connectivity index (χ1) is 17.3. The molecule has 0 unspecified atom stereocenters. The number of methoxy groups -OCH3 is 1. The summed E-state index contributed by atoms with van der Waals surface area (Å²) in [7, 11) is 1.60. The number of carbonyl (C=O) groups is 3. The van der Waals surface area contributed by atoms with Crippen LogP contribution >= 0.6 is 0 Å². The highest BCUT2D eigenvalue weighted by molar-refractivity contribution is 6.00. The quantitative estimate of drug-likeness (QED) is 0.465. The Morgan fingerprint density at radius 1 is 0.917 bits per heavy atom. The van der Waals surface area contributed by atoms with Gasteiger partial charge in [0.25, 0.3) is 5.91 Å². The van der Waals surface area contributed by atoms with Crippen molar-refractivity contribution in [3.63, 3.8) is 0 Å². The van der Waals surface area contributed by atoms with Crippen LogP contribution in [0.15, 0.2) is 66.7 Å². The molecule has 3 aromatic rings. The summed E-state index contributed by atoms with van der Waals surface area (Å²) in [6.07, 6.45) is 0.0292. The van der Waals surface area contributed by atoms with Gasteiger partial charge < -0.3 is 24.4 Å². The van der Waals surface area contributed by atoms with Crippen LogP contribution in [0.5, 0.6) is 17.2 Å². The van der Waals surface area contributed by atoms with E-state index in [1.165, 1.54) is 0 Å². The monoisotopic (exact) mass is 488 g/mol. The van der Waals surface area contributed by atoms with E-state index in [9.17, 15) is 14.4 Å². The van der Waals surface area contributed by atoms with Crippen molar-refractivity contribution in [2.45, 2.75) is 20.3 Å². The Morgan fingerprint density at radius 3 is 2.11 bits per heavy atom. The highest BCUT2D eigenvalue weighted by Crippen LogP contribution is 2.30. The van der Waals surface area contributed by atoms with Gasteiger partial charge in [-0.25, -0.2) is 0 Å². The molecule has 1 atom stereocenters. The number of hydrogen-bond donors (Lipinski definition) is 1. The second-order valence-electron chi connectivity index (χ2n) is 8.60. The van der Waals surface area contributed by atoms with Crippen molar-refractivity contribution < 1.29 is 28.6 Å². The van der Waals surface area contributed by atoms with E-state index in [4.69, 9.17) is 14.2 Å². The van der Waals surface area contributed by atoms with E-state index in [-0.39, 0.29) is 18.9 Å². The first-order valence-electron chi connectivity index (χ1n) is 11.6. The Morgan fingerprint density at radius 2 is 1.50 bits per heavy atom. The van der Waals surface area contributed by atoms with Crippen LogP contribution in [-0.2, 0) is 19.1 Å². The fourth-order valence-corrected chi connectivity index (χ4v) is 4.03. The van der Waals surface area contributed by atoms with Crippen molar-refractivity contribution in [2.24, 2.45) is 5.92 Å². The Balaban J connectivity index is 1.30. The molecule has 0 radical (unpaired) electrons. The predicted molar refractivity (Wildman–Crippen MR) is 135 cm³/mol. The van der Waals surface area contributed by atoms with Crippen LogP contribution in [0, 0.1) is 19.8 Å². The number of para-hydroxylation sites is 1. The molecule has 186 valence electrons. The lowest BCUT2D eigenvalue weighted by molar-refractivity contribution is -0.151. The first-order valence-corrected chi connectivity index (χ1v) is 11.6. The van der Waals surface area contributed by atoms with Gasteiger partial charge in [-0.2, -0.15) is 0 Å². The zero-order valence-corrected chi connectivity index (χ0v) is 20.4. The smallest absolute Gasteiger partial charge is 0.311 e. The van der Waals surface area contributed by atoms with E-state index in [1.807, 2.05) is 32.0 Å². The molecule has 0 bridgehead atoms. The molecular formula is C28H28N2O6. The first kappa shape index (κ1) is 24.8. The molecule has 1 heterocycles. The molecule has 0 spiro atoms. The molecule has 0 saturated carbocycles. The second-order valence-corrected chi connectivity index (χ2v) is 8.60. The summed E-state index contributed by atoms with van der Waals surface area (Å²) >= 11 is 0. The summed E-state index contributed by atoms with van der Waals surface area (Å²) in [6, 6.07) is 20.0. The lowest BCUT2D eigenvalue weighted by Crippen LogP contribution is -2.28. The summed E-state index contributed by atoms with van der Waals surface area (Å²) < 4.78 is 16.2. The largest absolute Gasteiger partial charge is 0.497 e. The number of anilines is 2. The van der Waals surface area contributed by atoms with Crippen molar-refractivity contribution >= 4 is 29.2 Å². The fourth-order valence-electron chi connectivity index (χ4n) is 4.03. The van der Waals surface area contributed by atoms with Gasteiger partial charge >= 0.3 is 5.97 Å². The molecule has 4 rings (SSSR count). The van der Waals surface area contributed by atoms with E-state index in [1.54, 1.807) is 60.5 Å². The van der Waals surface area contributed by atoms with Gasteiger partial charge in [-0.3, -0.25) is 14.4 Å². The third-order valence-corrected chi connectivity index (χ3v) is 5.99. The highest BCUT2D eigenvalue weighted by Gasteiger charge is 2.36. The molecule has 0 aliphatic carbocycles. The minimum Gasteiger partial charge on any atom is -0.497 e. The van der Waals surface area contributed by atoms with Crippen molar-refractivity contribution in [2.75, 3.05) is 30.5 Å². The van der Waals surface area contributed by atoms with Gasteiger partial charge in [0.2, 0.25) is 5.91 Å². The van der Waals surface area contributed by atoms with Gasteiger partial charge in [0.1, 0.15) is 17.2 Å². The van der Waals surface area contributed by atoms with Crippen LogP contribution in [0.3, 0.4) is 0 Å². The Bertz CT molecular complexity index is 1230. The van der Waals surface area contributed by atoms with E-state index in [2.05, 4.69) is 5.32 Å². The molecule has 1 fully saturated rings. The summed E-state index contributed by atoms with van der Waals surface area (Å²) in [5, 5.41) is 2.78. The van der Waals surface area contributed by atoms with Crippen LogP contribution < -0.4 is 19.7 Å². The molecule has 8 nitrogen and oxygen atoms in total. The maximum atomic E-state index is 12.6. The number of nitrogens with zero attached hydrogens (tertiary/aromatic N) is 1. The van der Waals surface area contributed by atoms with E-state index in [0.29, 0.717) is 22.9 Å².